The van der Waals surface area contributed by atoms with E-state index in [0.29, 0.717) is 24.0 Å². The highest BCUT2D eigenvalue weighted by Gasteiger charge is 2.33. The minimum Gasteiger partial charge on any atom is -0.493 e. The maximum Gasteiger partial charge on any atom is 0.257 e. The topological polar surface area (TPSA) is 32.8 Å². The Morgan fingerprint density at radius 2 is 1.85 bits per heavy atom. The molecule has 26 heavy (non-hydrogen) atoms. The van der Waals surface area contributed by atoms with E-state index in [-0.39, 0.29) is 5.91 Å². The zero-order valence-electron chi connectivity index (χ0n) is 15.4. The van der Waals surface area contributed by atoms with Gasteiger partial charge in [0.15, 0.2) is 0 Å². The summed E-state index contributed by atoms with van der Waals surface area (Å²) in [4.78, 5) is 17.5. The summed E-state index contributed by atoms with van der Waals surface area (Å²) in [6.07, 6.45) is 2.15. The lowest BCUT2D eigenvalue weighted by Gasteiger charge is -2.33. The molecule has 1 saturated heterocycles. The zero-order chi connectivity index (χ0) is 17.9. The molecule has 0 radical (unpaired) electrons. The standard InChI is InChI=1S/C22H26N2O2/c1-2-26-21-10-6-5-9-20(21)22(25)24-14-12-19(16-24)23-13-11-17-7-3-4-8-18(17)15-23/h3-10,19H,2,11-16H2,1H3. The van der Waals surface area contributed by atoms with Gasteiger partial charge in [-0.25, -0.2) is 0 Å². The third kappa shape index (κ3) is 3.34. The molecule has 4 rings (SSSR count). The minimum absolute atomic E-state index is 0.0916. The number of likely N-dealkylation sites (tertiary alicyclic amines) is 1. The van der Waals surface area contributed by atoms with E-state index in [1.165, 1.54) is 11.1 Å². The predicted octanol–water partition coefficient (Wildman–Crippen LogP) is 3.36. The summed E-state index contributed by atoms with van der Waals surface area (Å²) in [7, 11) is 0. The van der Waals surface area contributed by atoms with Crippen LogP contribution in [0.4, 0.5) is 0 Å². The quantitative estimate of drug-likeness (QED) is 0.848. The fourth-order valence-electron chi connectivity index (χ4n) is 4.15. The van der Waals surface area contributed by atoms with Gasteiger partial charge < -0.3 is 9.64 Å². The van der Waals surface area contributed by atoms with Crippen molar-refractivity contribution in [2.75, 3.05) is 26.2 Å². The number of benzene rings is 2. The Morgan fingerprint density at radius 1 is 1.08 bits per heavy atom. The van der Waals surface area contributed by atoms with Crippen LogP contribution in [0.3, 0.4) is 0 Å². The van der Waals surface area contributed by atoms with E-state index in [1.807, 2.05) is 36.1 Å². The van der Waals surface area contributed by atoms with Crippen LogP contribution in [0, 0.1) is 0 Å². The Bertz CT molecular complexity index is 789. The maximum absolute atomic E-state index is 13.0. The molecule has 0 N–H and O–H groups in total. The average Bonchev–Trinajstić information content (AvgIpc) is 3.18. The average molecular weight is 350 g/mol. The number of rotatable bonds is 4. The number of ether oxygens (including phenoxy) is 1. The fourth-order valence-corrected chi connectivity index (χ4v) is 4.15. The normalized spacial score (nSPS) is 20.0. The second-order valence-electron chi connectivity index (χ2n) is 7.11. The fraction of sp³-hybridized carbons (Fsp3) is 0.409. The summed E-state index contributed by atoms with van der Waals surface area (Å²) in [6, 6.07) is 16.7. The van der Waals surface area contributed by atoms with E-state index in [2.05, 4.69) is 29.2 Å². The van der Waals surface area contributed by atoms with Crippen LogP contribution in [0.25, 0.3) is 0 Å². The van der Waals surface area contributed by atoms with E-state index in [4.69, 9.17) is 4.74 Å². The molecule has 1 amide bonds. The Kier molecular flexibility index (Phi) is 4.93. The third-order valence-electron chi connectivity index (χ3n) is 5.54. The summed E-state index contributed by atoms with van der Waals surface area (Å²) in [5, 5.41) is 0. The molecule has 0 spiro atoms. The number of carbonyl (C=O) groups is 1. The van der Waals surface area contributed by atoms with Gasteiger partial charge in [-0.15, -0.1) is 0 Å². The van der Waals surface area contributed by atoms with Gasteiger partial charge in [0.05, 0.1) is 12.2 Å². The lowest BCUT2D eigenvalue weighted by atomic mass is 9.98. The van der Waals surface area contributed by atoms with Crippen molar-refractivity contribution in [2.45, 2.75) is 32.4 Å². The molecule has 1 atom stereocenters. The highest BCUT2D eigenvalue weighted by Crippen LogP contribution is 2.27. The molecular weight excluding hydrogens is 324 g/mol. The summed E-state index contributed by atoms with van der Waals surface area (Å²) >= 11 is 0. The maximum atomic E-state index is 13.0. The minimum atomic E-state index is 0.0916. The van der Waals surface area contributed by atoms with Crippen molar-refractivity contribution >= 4 is 5.91 Å². The first-order valence-corrected chi connectivity index (χ1v) is 9.58. The van der Waals surface area contributed by atoms with Gasteiger partial charge in [-0.05, 0) is 43.0 Å². The highest BCUT2D eigenvalue weighted by molar-refractivity contribution is 5.97. The van der Waals surface area contributed by atoms with Gasteiger partial charge >= 0.3 is 0 Å². The van der Waals surface area contributed by atoms with Gasteiger partial charge in [0.25, 0.3) is 5.91 Å². The third-order valence-corrected chi connectivity index (χ3v) is 5.54. The molecule has 0 saturated carbocycles. The van der Waals surface area contributed by atoms with Crippen molar-refractivity contribution in [2.24, 2.45) is 0 Å². The van der Waals surface area contributed by atoms with Crippen molar-refractivity contribution in [1.29, 1.82) is 0 Å². The first kappa shape index (κ1) is 17.1. The molecule has 2 aromatic carbocycles. The summed E-state index contributed by atoms with van der Waals surface area (Å²) in [5.41, 5.74) is 3.59. The molecule has 0 aromatic heterocycles. The monoisotopic (exact) mass is 350 g/mol. The number of amides is 1. The van der Waals surface area contributed by atoms with Gasteiger partial charge in [-0.3, -0.25) is 9.69 Å². The SMILES string of the molecule is CCOc1ccccc1C(=O)N1CCC(N2CCc3ccccc3C2)C1. The van der Waals surface area contributed by atoms with Gasteiger partial charge in [-0.2, -0.15) is 0 Å². The molecule has 2 heterocycles. The second-order valence-corrected chi connectivity index (χ2v) is 7.11. The summed E-state index contributed by atoms with van der Waals surface area (Å²) in [6.45, 7) is 6.22. The van der Waals surface area contributed by atoms with Gasteiger partial charge in [0.1, 0.15) is 5.75 Å². The molecule has 4 nitrogen and oxygen atoms in total. The van der Waals surface area contributed by atoms with Crippen molar-refractivity contribution in [3.8, 4) is 5.75 Å². The van der Waals surface area contributed by atoms with Gasteiger partial charge in [-0.1, -0.05) is 36.4 Å². The second kappa shape index (κ2) is 7.50. The van der Waals surface area contributed by atoms with Crippen LogP contribution in [-0.4, -0.2) is 48.0 Å². The van der Waals surface area contributed by atoms with E-state index < -0.39 is 0 Å². The molecule has 0 bridgehead atoms. The number of fused-ring (bicyclic) bond motifs is 1. The predicted molar refractivity (Wildman–Crippen MR) is 102 cm³/mol. The Morgan fingerprint density at radius 3 is 2.69 bits per heavy atom. The van der Waals surface area contributed by atoms with Crippen LogP contribution >= 0.6 is 0 Å². The molecule has 1 fully saturated rings. The first-order chi connectivity index (χ1) is 12.8. The largest absolute Gasteiger partial charge is 0.493 e. The summed E-state index contributed by atoms with van der Waals surface area (Å²) in [5.74, 6) is 0.782. The van der Waals surface area contributed by atoms with E-state index in [9.17, 15) is 4.79 Å². The molecular formula is C22H26N2O2. The Balaban J connectivity index is 1.44. The number of para-hydroxylation sites is 1. The molecule has 2 aliphatic rings. The van der Waals surface area contributed by atoms with Crippen molar-refractivity contribution in [3.63, 3.8) is 0 Å². The van der Waals surface area contributed by atoms with E-state index >= 15 is 0 Å². The lowest BCUT2D eigenvalue weighted by Crippen LogP contribution is -2.41. The van der Waals surface area contributed by atoms with Gasteiger partial charge in [0, 0.05) is 32.2 Å². The van der Waals surface area contributed by atoms with Crippen molar-refractivity contribution in [1.82, 2.24) is 9.80 Å². The molecule has 4 heteroatoms. The van der Waals surface area contributed by atoms with Crippen molar-refractivity contribution in [3.05, 3.63) is 65.2 Å². The Labute approximate surface area is 155 Å². The number of carbonyl (C=O) groups excluding carboxylic acids is 1. The van der Waals surface area contributed by atoms with Gasteiger partial charge in [0.2, 0.25) is 0 Å². The van der Waals surface area contributed by atoms with Crippen LogP contribution in [0.15, 0.2) is 48.5 Å². The van der Waals surface area contributed by atoms with Crippen LogP contribution in [-0.2, 0) is 13.0 Å². The number of nitrogens with zero attached hydrogens (tertiary/aromatic N) is 2. The van der Waals surface area contributed by atoms with E-state index in [1.54, 1.807) is 0 Å². The number of hydrogen-bond donors (Lipinski definition) is 0. The zero-order valence-corrected chi connectivity index (χ0v) is 15.4. The summed E-state index contributed by atoms with van der Waals surface area (Å²) < 4.78 is 5.64. The number of hydrogen-bond acceptors (Lipinski definition) is 3. The first-order valence-electron chi connectivity index (χ1n) is 9.58. The molecule has 2 aliphatic heterocycles. The van der Waals surface area contributed by atoms with E-state index in [0.717, 1.165) is 39.0 Å². The highest BCUT2D eigenvalue weighted by atomic mass is 16.5. The molecule has 136 valence electrons. The smallest absolute Gasteiger partial charge is 0.257 e. The van der Waals surface area contributed by atoms with Crippen LogP contribution < -0.4 is 4.74 Å². The molecule has 0 aliphatic carbocycles. The van der Waals surface area contributed by atoms with Crippen LogP contribution in [0.1, 0.15) is 34.8 Å². The lowest BCUT2D eigenvalue weighted by molar-refractivity contribution is 0.0769. The van der Waals surface area contributed by atoms with Crippen molar-refractivity contribution < 1.29 is 9.53 Å². The van der Waals surface area contributed by atoms with Crippen LogP contribution in [0.2, 0.25) is 0 Å². The Hall–Kier alpha value is -2.33. The molecule has 2 aromatic rings. The van der Waals surface area contributed by atoms with Crippen LogP contribution in [0.5, 0.6) is 5.75 Å². The molecule has 1 unspecified atom stereocenters.